The van der Waals surface area contributed by atoms with Gasteiger partial charge in [-0.1, -0.05) is 18.2 Å². The number of furan rings is 1. The molecule has 1 heterocycles. The third-order valence-electron chi connectivity index (χ3n) is 2.65. The molecule has 2 aromatic rings. The summed E-state index contributed by atoms with van der Waals surface area (Å²) in [5.41, 5.74) is 2.92. The minimum atomic E-state index is -0.296. The number of nitrogens with one attached hydrogen (secondary N) is 2. The molecule has 0 aliphatic heterocycles. The van der Waals surface area contributed by atoms with Crippen LogP contribution in [0.4, 0.5) is 0 Å². The molecule has 0 saturated carbocycles. The van der Waals surface area contributed by atoms with Crippen molar-refractivity contribution in [1.82, 2.24) is 10.7 Å². The number of rotatable bonds is 6. The molecule has 0 radical (unpaired) electrons. The van der Waals surface area contributed by atoms with Crippen LogP contribution in [0.15, 0.2) is 56.7 Å². The Balaban J connectivity index is 1.67. The molecule has 1 aromatic carbocycles. The van der Waals surface area contributed by atoms with Gasteiger partial charge in [-0.05, 0) is 40.2 Å². The zero-order valence-corrected chi connectivity index (χ0v) is 13.2. The van der Waals surface area contributed by atoms with Crippen LogP contribution in [0.3, 0.4) is 0 Å². The van der Waals surface area contributed by atoms with Crippen LogP contribution < -0.4 is 10.7 Å². The predicted octanol–water partition coefficient (Wildman–Crippen LogP) is 2.31. The van der Waals surface area contributed by atoms with E-state index in [0.717, 1.165) is 0 Å². The van der Waals surface area contributed by atoms with Crippen LogP contribution in [-0.2, 0) is 4.79 Å². The molecule has 2 amide bonds. The van der Waals surface area contributed by atoms with Crippen LogP contribution in [-0.4, -0.2) is 24.6 Å². The summed E-state index contributed by atoms with van der Waals surface area (Å²) in [4.78, 5) is 23.3. The monoisotopic (exact) mass is 363 g/mol. The molecule has 0 spiro atoms. The molecule has 0 aliphatic carbocycles. The highest BCUT2D eigenvalue weighted by Crippen LogP contribution is 2.11. The molecule has 0 aliphatic rings. The average molecular weight is 364 g/mol. The number of amides is 2. The summed E-state index contributed by atoms with van der Waals surface area (Å²) in [6.45, 7) is 0.237. The number of carbonyl (C=O) groups is 2. The van der Waals surface area contributed by atoms with E-state index in [1.807, 2.05) is 6.07 Å². The van der Waals surface area contributed by atoms with Crippen molar-refractivity contribution in [3.05, 3.63) is 58.5 Å². The minimum Gasteiger partial charge on any atom is -0.448 e. The first-order valence-corrected chi connectivity index (χ1v) is 7.35. The Hall–Kier alpha value is -2.41. The van der Waals surface area contributed by atoms with E-state index >= 15 is 0 Å². The van der Waals surface area contributed by atoms with Crippen molar-refractivity contribution in [3.8, 4) is 0 Å². The molecule has 7 heteroatoms. The van der Waals surface area contributed by atoms with Gasteiger partial charge in [0.15, 0.2) is 4.67 Å². The Morgan fingerprint density at radius 3 is 2.64 bits per heavy atom. The fourth-order valence-electron chi connectivity index (χ4n) is 1.60. The van der Waals surface area contributed by atoms with Crippen molar-refractivity contribution in [2.24, 2.45) is 5.10 Å². The summed E-state index contributed by atoms with van der Waals surface area (Å²) in [5, 5.41) is 6.42. The third-order valence-corrected chi connectivity index (χ3v) is 3.07. The first kappa shape index (κ1) is 16.0. The van der Waals surface area contributed by atoms with Crippen LogP contribution in [0.1, 0.15) is 22.5 Å². The quantitative estimate of drug-likeness (QED) is 0.610. The highest BCUT2D eigenvalue weighted by atomic mass is 79.9. The van der Waals surface area contributed by atoms with Crippen molar-refractivity contribution < 1.29 is 14.0 Å². The number of benzene rings is 1. The largest absolute Gasteiger partial charge is 0.448 e. The van der Waals surface area contributed by atoms with Crippen molar-refractivity contribution in [2.75, 3.05) is 6.54 Å². The summed E-state index contributed by atoms with van der Waals surface area (Å²) in [7, 11) is 0. The molecular weight excluding hydrogens is 350 g/mol. The number of hydrogen-bond acceptors (Lipinski definition) is 4. The highest BCUT2D eigenvalue weighted by Gasteiger charge is 2.05. The second-order valence-corrected chi connectivity index (χ2v) is 5.09. The lowest BCUT2D eigenvalue weighted by atomic mass is 10.2. The Morgan fingerprint density at radius 1 is 1.18 bits per heavy atom. The Labute approximate surface area is 135 Å². The van der Waals surface area contributed by atoms with Crippen LogP contribution >= 0.6 is 15.9 Å². The minimum absolute atomic E-state index is 0.137. The van der Waals surface area contributed by atoms with E-state index in [4.69, 9.17) is 4.42 Å². The van der Waals surface area contributed by atoms with Crippen LogP contribution in [0, 0.1) is 0 Å². The van der Waals surface area contributed by atoms with Gasteiger partial charge in [-0.25, -0.2) is 5.43 Å². The fraction of sp³-hybridized carbons (Fsp3) is 0.133. The second-order valence-electron chi connectivity index (χ2n) is 4.31. The molecule has 0 atom stereocenters. The van der Waals surface area contributed by atoms with E-state index in [1.165, 1.54) is 6.21 Å². The molecule has 2 N–H and O–H groups in total. The maximum absolute atomic E-state index is 11.7. The highest BCUT2D eigenvalue weighted by molar-refractivity contribution is 9.10. The van der Waals surface area contributed by atoms with E-state index in [2.05, 4.69) is 31.8 Å². The van der Waals surface area contributed by atoms with Crippen molar-refractivity contribution in [2.45, 2.75) is 6.42 Å². The molecule has 0 bridgehead atoms. The average Bonchev–Trinajstić information content (AvgIpc) is 2.93. The van der Waals surface area contributed by atoms with E-state index in [1.54, 1.807) is 36.4 Å². The first-order chi connectivity index (χ1) is 10.6. The number of carbonyl (C=O) groups excluding carboxylic acids is 2. The standard InChI is InChI=1S/C15H14BrN3O3/c16-13-7-6-12(22-13)10-18-19-14(20)8-9-17-15(21)11-4-2-1-3-5-11/h1-7,10H,8-9H2,(H,17,21)(H,19,20)/b18-10+. The fourth-order valence-corrected chi connectivity index (χ4v) is 1.92. The summed E-state index contributed by atoms with van der Waals surface area (Å²) >= 11 is 3.16. The maximum Gasteiger partial charge on any atom is 0.251 e. The lowest BCUT2D eigenvalue weighted by molar-refractivity contribution is -0.120. The van der Waals surface area contributed by atoms with Gasteiger partial charge in [-0.3, -0.25) is 9.59 Å². The van der Waals surface area contributed by atoms with Crippen LogP contribution in [0.2, 0.25) is 0 Å². The Morgan fingerprint density at radius 2 is 1.95 bits per heavy atom. The van der Waals surface area contributed by atoms with Gasteiger partial charge < -0.3 is 9.73 Å². The van der Waals surface area contributed by atoms with Gasteiger partial charge >= 0.3 is 0 Å². The van der Waals surface area contributed by atoms with Crippen LogP contribution in [0.25, 0.3) is 0 Å². The second kappa shape index (κ2) is 8.14. The maximum atomic E-state index is 11.7. The summed E-state index contributed by atoms with van der Waals surface area (Å²) in [6, 6.07) is 12.2. The normalized spacial score (nSPS) is 10.6. The molecule has 0 saturated heterocycles. The van der Waals surface area contributed by atoms with E-state index in [0.29, 0.717) is 16.0 Å². The van der Waals surface area contributed by atoms with Gasteiger partial charge in [-0.15, -0.1) is 0 Å². The lowest BCUT2D eigenvalue weighted by Crippen LogP contribution is -2.28. The van der Waals surface area contributed by atoms with E-state index < -0.39 is 0 Å². The van der Waals surface area contributed by atoms with Gasteiger partial charge in [-0.2, -0.15) is 5.10 Å². The van der Waals surface area contributed by atoms with Crippen molar-refractivity contribution >= 4 is 34.0 Å². The van der Waals surface area contributed by atoms with Gasteiger partial charge in [0.05, 0.1) is 6.21 Å². The number of hydrazone groups is 1. The lowest BCUT2D eigenvalue weighted by Gasteiger charge is -2.04. The number of nitrogens with zero attached hydrogens (tertiary/aromatic N) is 1. The van der Waals surface area contributed by atoms with Crippen molar-refractivity contribution in [1.29, 1.82) is 0 Å². The van der Waals surface area contributed by atoms with Crippen LogP contribution in [0.5, 0.6) is 0 Å². The zero-order valence-electron chi connectivity index (χ0n) is 11.6. The van der Waals surface area contributed by atoms with Gasteiger partial charge in [0.2, 0.25) is 5.91 Å². The van der Waals surface area contributed by atoms with Gasteiger partial charge in [0.25, 0.3) is 5.91 Å². The third kappa shape index (κ3) is 5.17. The van der Waals surface area contributed by atoms with Gasteiger partial charge in [0, 0.05) is 18.5 Å². The number of halogens is 1. The Kier molecular flexibility index (Phi) is 5.91. The topological polar surface area (TPSA) is 83.7 Å². The van der Waals surface area contributed by atoms with Gasteiger partial charge in [0.1, 0.15) is 5.76 Å². The first-order valence-electron chi connectivity index (χ1n) is 6.55. The summed E-state index contributed by atoms with van der Waals surface area (Å²) in [6.07, 6.45) is 1.53. The summed E-state index contributed by atoms with van der Waals surface area (Å²) in [5.74, 6) is 0.0112. The zero-order chi connectivity index (χ0) is 15.8. The van der Waals surface area contributed by atoms with E-state index in [-0.39, 0.29) is 24.8 Å². The molecule has 0 unspecified atom stereocenters. The predicted molar refractivity (Wildman–Crippen MR) is 85.5 cm³/mol. The SMILES string of the molecule is O=C(CCNC(=O)c1ccccc1)N/N=C/c1ccc(Br)o1. The summed E-state index contributed by atoms with van der Waals surface area (Å²) < 4.78 is 5.77. The molecule has 1 aromatic heterocycles. The molecule has 114 valence electrons. The van der Waals surface area contributed by atoms with E-state index in [9.17, 15) is 9.59 Å². The molecule has 22 heavy (non-hydrogen) atoms. The Bertz CT molecular complexity index is 668. The molecule has 0 fully saturated rings. The molecular formula is C15H14BrN3O3. The van der Waals surface area contributed by atoms with Crippen molar-refractivity contribution in [3.63, 3.8) is 0 Å². The molecule has 6 nitrogen and oxygen atoms in total. The smallest absolute Gasteiger partial charge is 0.251 e. The number of hydrogen-bond donors (Lipinski definition) is 2. The molecule has 2 rings (SSSR count).